The number of carbonyl (C=O) groups excluding carboxylic acids is 1. The van der Waals surface area contributed by atoms with Crippen LogP contribution < -0.4 is 10.1 Å². The highest BCUT2D eigenvalue weighted by Crippen LogP contribution is 2.26. The lowest BCUT2D eigenvalue weighted by molar-refractivity contribution is -0.129. The van der Waals surface area contributed by atoms with Crippen molar-refractivity contribution in [3.8, 4) is 11.5 Å². The van der Waals surface area contributed by atoms with Gasteiger partial charge < -0.3 is 20.1 Å². The maximum absolute atomic E-state index is 11.9. The highest BCUT2D eigenvalue weighted by atomic mass is 16.5. The predicted molar refractivity (Wildman–Crippen MR) is 74.3 cm³/mol. The van der Waals surface area contributed by atoms with E-state index in [4.69, 9.17) is 4.74 Å². The second kappa shape index (κ2) is 6.99. The molecule has 0 atom stereocenters. The average molecular weight is 266 g/mol. The number of nitrogens with one attached hydrogen (secondary N) is 1. The van der Waals surface area contributed by atoms with E-state index in [2.05, 4.69) is 5.32 Å². The smallest absolute Gasteiger partial charge is 0.236 e. The first-order valence-corrected chi connectivity index (χ1v) is 6.27. The largest absolute Gasteiger partial charge is 0.504 e. The Morgan fingerprint density at radius 3 is 2.74 bits per heavy atom. The van der Waals surface area contributed by atoms with E-state index in [1.807, 2.05) is 13.8 Å². The number of carbonyl (C=O) groups is 1. The Hall–Kier alpha value is -1.75. The molecule has 1 amide bonds. The standard InChI is InChI=1S/C14H22N2O3/c1-10(2)15-8-14(18)16(3)9-11-5-6-12(17)13(7-11)19-4/h5-7,10,15,17H,8-9H2,1-4H3. The van der Waals surface area contributed by atoms with Crippen LogP contribution in [0.4, 0.5) is 0 Å². The number of amides is 1. The number of likely N-dealkylation sites (N-methyl/N-ethyl adjacent to an activating group) is 1. The molecule has 0 unspecified atom stereocenters. The quantitative estimate of drug-likeness (QED) is 0.816. The molecule has 0 spiro atoms. The third kappa shape index (κ3) is 4.79. The molecule has 0 aromatic heterocycles. The highest BCUT2D eigenvalue weighted by molar-refractivity contribution is 5.78. The second-order valence-electron chi connectivity index (χ2n) is 4.79. The lowest BCUT2D eigenvalue weighted by Crippen LogP contribution is -2.37. The minimum Gasteiger partial charge on any atom is -0.504 e. The van der Waals surface area contributed by atoms with E-state index in [0.29, 0.717) is 18.8 Å². The molecule has 0 heterocycles. The number of rotatable bonds is 6. The Morgan fingerprint density at radius 2 is 2.16 bits per heavy atom. The molecule has 2 N–H and O–H groups in total. The SMILES string of the molecule is COc1cc(CN(C)C(=O)CNC(C)C)ccc1O. The summed E-state index contributed by atoms with van der Waals surface area (Å²) in [4.78, 5) is 13.5. The zero-order valence-corrected chi connectivity index (χ0v) is 11.9. The number of nitrogens with zero attached hydrogens (tertiary/aromatic N) is 1. The Balaban J connectivity index is 2.61. The van der Waals surface area contributed by atoms with Crippen LogP contribution >= 0.6 is 0 Å². The van der Waals surface area contributed by atoms with Crippen LogP contribution in [0.25, 0.3) is 0 Å². The van der Waals surface area contributed by atoms with Gasteiger partial charge in [0.15, 0.2) is 11.5 Å². The van der Waals surface area contributed by atoms with Gasteiger partial charge in [-0.15, -0.1) is 0 Å². The molecule has 5 heteroatoms. The molecule has 106 valence electrons. The summed E-state index contributed by atoms with van der Waals surface area (Å²) >= 11 is 0. The number of phenolic OH excluding ortho intramolecular Hbond substituents is 1. The van der Waals surface area contributed by atoms with Gasteiger partial charge in [-0.2, -0.15) is 0 Å². The molecule has 0 bridgehead atoms. The monoisotopic (exact) mass is 266 g/mol. The van der Waals surface area contributed by atoms with Gasteiger partial charge in [0.05, 0.1) is 13.7 Å². The normalized spacial score (nSPS) is 10.6. The van der Waals surface area contributed by atoms with E-state index in [0.717, 1.165) is 5.56 Å². The van der Waals surface area contributed by atoms with Crippen molar-refractivity contribution < 1.29 is 14.6 Å². The third-order valence-corrected chi connectivity index (χ3v) is 2.75. The summed E-state index contributed by atoms with van der Waals surface area (Å²) in [5.74, 6) is 0.543. The van der Waals surface area contributed by atoms with E-state index in [1.54, 1.807) is 30.1 Å². The van der Waals surface area contributed by atoms with Gasteiger partial charge in [-0.1, -0.05) is 19.9 Å². The number of methoxy groups -OCH3 is 1. The molecule has 19 heavy (non-hydrogen) atoms. The first-order chi connectivity index (χ1) is 8.93. The predicted octanol–water partition coefficient (Wildman–Crippen LogP) is 1.36. The molecule has 0 fully saturated rings. The van der Waals surface area contributed by atoms with Crippen molar-refractivity contribution in [3.63, 3.8) is 0 Å². The third-order valence-electron chi connectivity index (χ3n) is 2.75. The topological polar surface area (TPSA) is 61.8 Å². The lowest BCUT2D eigenvalue weighted by Gasteiger charge is -2.19. The van der Waals surface area contributed by atoms with Crippen LogP contribution in [-0.4, -0.2) is 42.7 Å². The first kappa shape index (κ1) is 15.3. The fourth-order valence-electron chi connectivity index (χ4n) is 1.61. The Labute approximate surface area is 114 Å². The fourth-order valence-corrected chi connectivity index (χ4v) is 1.61. The summed E-state index contributed by atoms with van der Waals surface area (Å²) in [5.41, 5.74) is 0.912. The molecule has 0 aliphatic carbocycles. The van der Waals surface area contributed by atoms with E-state index < -0.39 is 0 Å². The molecular weight excluding hydrogens is 244 g/mol. The van der Waals surface area contributed by atoms with Crippen LogP contribution in [0.1, 0.15) is 19.4 Å². The number of phenols is 1. The van der Waals surface area contributed by atoms with Crippen LogP contribution in [0.3, 0.4) is 0 Å². The summed E-state index contributed by atoms with van der Waals surface area (Å²) in [6, 6.07) is 5.36. The highest BCUT2D eigenvalue weighted by Gasteiger charge is 2.11. The van der Waals surface area contributed by atoms with Gasteiger partial charge in [0.1, 0.15) is 0 Å². The molecule has 0 aliphatic heterocycles. The molecule has 5 nitrogen and oxygen atoms in total. The number of ether oxygens (including phenoxy) is 1. The Kier molecular flexibility index (Phi) is 5.63. The maximum atomic E-state index is 11.9. The summed E-state index contributed by atoms with van der Waals surface area (Å²) in [7, 11) is 3.25. The van der Waals surface area contributed by atoms with Crippen LogP contribution in [0, 0.1) is 0 Å². The molecular formula is C14H22N2O3. The van der Waals surface area contributed by atoms with E-state index in [-0.39, 0.29) is 17.7 Å². The molecule has 0 radical (unpaired) electrons. The molecule has 0 aliphatic rings. The molecule has 1 aromatic rings. The lowest BCUT2D eigenvalue weighted by atomic mass is 10.2. The summed E-state index contributed by atoms with van der Waals surface area (Å²) in [6.07, 6.45) is 0. The van der Waals surface area contributed by atoms with Crippen molar-refractivity contribution in [2.45, 2.75) is 26.4 Å². The Morgan fingerprint density at radius 1 is 1.47 bits per heavy atom. The zero-order chi connectivity index (χ0) is 14.4. The minimum absolute atomic E-state index is 0.0285. The van der Waals surface area contributed by atoms with Crippen molar-refractivity contribution in [3.05, 3.63) is 23.8 Å². The number of benzene rings is 1. The Bertz CT molecular complexity index is 433. The van der Waals surface area contributed by atoms with Crippen LogP contribution in [-0.2, 0) is 11.3 Å². The van der Waals surface area contributed by atoms with Gasteiger partial charge in [0.25, 0.3) is 0 Å². The summed E-state index contributed by atoms with van der Waals surface area (Å²) in [5, 5.41) is 12.6. The average Bonchev–Trinajstić information content (AvgIpc) is 2.37. The van der Waals surface area contributed by atoms with Gasteiger partial charge in [0, 0.05) is 19.6 Å². The summed E-state index contributed by atoms with van der Waals surface area (Å²) in [6.45, 7) is 4.80. The fraction of sp³-hybridized carbons (Fsp3) is 0.500. The van der Waals surface area contributed by atoms with Crippen molar-refractivity contribution in [1.82, 2.24) is 10.2 Å². The van der Waals surface area contributed by atoms with E-state index in [9.17, 15) is 9.90 Å². The van der Waals surface area contributed by atoms with Crippen molar-refractivity contribution in [2.75, 3.05) is 20.7 Å². The van der Waals surface area contributed by atoms with Gasteiger partial charge in [-0.05, 0) is 17.7 Å². The van der Waals surface area contributed by atoms with E-state index in [1.165, 1.54) is 7.11 Å². The van der Waals surface area contributed by atoms with Crippen LogP contribution in [0.2, 0.25) is 0 Å². The molecule has 1 rings (SSSR count). The minimum atomic E-state index is 0.0285. The number of aromatic hydroxyl groups is 1. The molecule has 1 aromatic carbocycles. The second-order valence-corrected chi connectivity index (χ2v) is 4.79. The van der Waals surface area contributed by atoms with Crippen molar-refractivity contribution in [1.29, 1.82) is 0 Å². The zero-order valence-electron chi connectivity index (χ0n) is 11.9. The van der Waals surface area contributed by atoms with Crippen LogP contribution in [0.5, 0.6) is 11.5 Å². The van der Waals surface area contributed by atoms with Gasteiger partial charge in [-0.25, -0.2) is 0 Å². The molecule has 0 saturated heterocycles. The van der Waals surface area contributed by atoms with Crippen molar-refractivity contribution >= 4 is 5.91 Å². The maximum Gasteiger partial charge on any atom is 0.236 e. The number of hydrogen-bond donors (Lipinski definition) is 2. The van der Waals surface area contributed by atoms with E-state index >= 15 is 0 Å². The van der Waals surface area contributed by atoms with Crippen LogP contribution in [0.15, 0.2) is 18.2 Å². The van der Waals surface area contributed by atoms with Gasteiger partial charge in [-0.3, -0.25) is 4.79 Å². The summed E-state index contributed by atoms with van der Waals surface area (Å²) < 4.78 is 5.04. The van der Waals surface area contributed by atoms with Gasteiger partial charge in [0.2, 0.25) is 5.91 Å². The number of hydrogen-bond acceptors (Lipinski definition) is 4. The molecule has 0 saturated carbocycles. The van der Waals surface area contributed by atoms with Gasteiger partial charge >= 0.3 is 0 Å². The van der Waals surface area contributed by atoms with Crippen molar-refractivity contribution in [2.24, 2.45) is 0 Å². The first-order valence-electron chi connectivity index (χ1n) is 6.27.